The number of likely N-dealkylation sites (tertiary alicyclic amines) is 1. The molecule has 17 heteroatoms. The molecule has 0 radical (unpaired) electrons. The number of hydrogen-bond acceptors (Lipinski definition) is 13. The summed E-state index contributed by atoms with van der Waals surface area (Å²) in [5, 5.41) is 7.90. The molecule has 6 bridgehead atoms. The number of benzene rings is 1. The van der Waals surface area contributed by atoms with Gasteiger partial charge in [0.15, 0.2) is 0 Å². The maximum atomic E-state index is 14.9. The molecule has 1 saturated carbocycles. The normalized spacial score (nSPS) is 25.3. The number of carbonyl (C=O) groups excluding carboxylic acids is 4. The number of ether oxygens (including phenoxy) is 3. The van der Waals surface area contributed by atoms with Gasteiger partial charge in [0, 0.05) is 91.3 Å². The molecule has 0 unspecified atom stereocenters. The number of fused-ring (bicyclic) bond motifs is 6. The van der Waals surface area contributed by atoms with E-state index in [0.29, 0.717) is 55.4 Å². The molecule has 7 atom stereocenters. The molecule has 3 fully saturated rings. The van der Waals surface area contributed by atoms with E-state index in [4.69, 9.17) is 24.2 Å². The topological polar surface area (TPSA) is 182 Å². The second-order valence-corrected chi connectivity index (χ2v) is 19.6. The molecule has 3 amide bonds. The first-order valence-corrected chi connectivity index (χ1v) is 24.3. The Bertz CT molecular complexity index is 2580. The molecule has 1 aliphatic carbocycles. The Morgan fingerprint density at radius 2 is 1.93 bits per heavy atom. The van der Waals surface area contributed by atoms with Crippen LogP contribution in [0.4, 0.5) is 0 Å². The van der Waals surface area contributed by atoms with Gasteiger partial charge in [0.2, 0.25) is 11.8 Å². The summed E-state index contributed by atoms with van der Waals surface area (Å²) >= 11 is 1.35. The number of methoxy groups -OCH3 is 1. The fourth-order valence-electron chi connectivity index (χ4n) is 9.90. The fraction of sp³-hybridized carbons (Fsp3) is 0.520. The summed E-state index contributed by atoms with van der Waals surface area (Å²) in [6, 6.07) is 6.00. The van der Waals surface area contributed by atoms with Crippen LogP contribution in [0.15, 0.2) is 65.4 Å². The molecule has 3 aromatic heterocycles. The van der Waals surface area contributed by atoms with Gasteiger partial charge in [0.1, 0.15) is 29.0 Å². The van der Waals surface area contributed by atoms with Crippen LogP contribution in [-0.2, 0) is 46.4 Å². The van der Waals surface area contributed by atoms with Gasteiger partial charge >= 0.3 is 5.97 Å². The maximum Gasteiger partial charge on any atom is 0.324 e. The number of thiazole rings is 1. The van der Waals surface area contributed by atoms with Crippen LogP contribution < -0.4 is 10.7 Å². The third-order valence-corrected chi connectivity index (χ3v) is 14.5. The SMILES string of the molecule is C=C/C(=C(\N=C/C)[C@H](C)OC)c1c2c3cc(ccc3n1CC)-c1csc(n1)[C@@H](OCC)[C@H](NC(=O)[C@@H]1[C@@H](C)[C@H]1C(=O)N1CC(c3ncccn3)C1)C(=O)N1CCC[C@H](N1)C(=O)OCC(C)(C)C2. The summed E-state index contributed by atoms with van der Waals surface area (Å²) in [5.41, 5.74) is 8.76. The van der Waals surface area contributed by atoms with Crippen molar-refractivity contribution < 1.29 is 33.4 Å². The molecule has 4 aliphatic rings. The molecule has 6 heterocycles. The molecule has 67 heavy (non-hydrogen) atoms. The molecule has 3 aliphatic heterocycles. The van der Waals surface area contributed by atoms with E-state index in [0.717, 1.165) is 39.0 Å². The first-order chi connectivity index (χ1) is 32.2. The van der Waals surface area contributed by atoms with Gasteiger partial charge in [-0.25, -0.2) is 20.4 Å². The molecule has 16 nitrogen and oxygen atoms in total. The molecular weight excluding hydrogens is 871 g/mol. The van der Waals surface area contributed by atoms with Crippen molar-refractivity contribution in [3.8, 4) is 11.3 Å². The van der Waals surface area contributed by atoms with E-state index in [1.165, 1.54) is 16.3 Å². The van der Waals surface area contributed by atoms with Crippen molar-refractivity contribution in [1.82, 2.24) is 40.2 Å². The van der Waals surface area contributed by atoms with E-state index < -0.39 is 53.2 Å². The highest BCUT2D eigenvalue weighted by molar-refractivity contribution is 7.10. The highest BCUT2D eigenvalue weighted by Gasteiger charge is 2.59. The van der Waals surface area contributed by atoms with E-state index in [2.05, 4.69) is 64.8 Å². The van der Waals surface area contributed by atoms with Crippen LogP contribution >= 0.6 is 11.3 Å². The van der Waals surface area contributed by atoms with Gasteiger partial charge < -0.3 is 29.0 Å². The Morgan fingerprint density at radius 3 is 2.61 bits per heavy atom. The second-order valence-electron chi connectivity index (χ2n) is 18.7. The number of aromatic nitrogens is 4. The van der Waals surface area contributed by atoms with Crippen LogP contribution in [0.25, 0.3) is 27.7 Å². The van der Waals surface area contributed by atoms with Crippen LogP contribution in [0, 0.1) is 23.2 Å². The number of allylic oxidation sites excluding steroid dienone is 2. The number of nitrogens with zero attached hydrogens (tertiary/aromatic N) is 7. The van der Waals surface area contributed by atoms with Gasteiger partial charge in [0.05, 0.1) is 47.5 Å². The third kappa shape index (κ3) is 9.47. The Labute approximate surface area is 396 Å². The highest BCUT2D eigenvalue weighted by atomic mass is 32.1. The summed E-state index contributed by atoms with van der Waals surface area (Å²) in [6.45, 7) is 20.3. The van der Waals surface area contributed by atoms with E-state index >= 15 is 0 Å². The number of hydrogen-bond donors (Lipinski definition) is 2. The Balaban J connectivity index is 1.18. The predicted octanol–water partition coefficient (Wildman–Crippen LogP) is 6.29. The number of rotatable bonds is 12. The molecule has 4 aromatic rings. The van der Waals surface area contributed by atoms with Crippen LogP contribution in [0.1, 0.15) is 95.4 Å². The van der Waals surface area contributed by atoms with Crippen molar-refractivity contribution in [3.63, 3.8) is 0 Å². The predicted molar refractivity (Wildman–Crippen MR) is 257 cm³/mol. The zero-order valence-corrected chi connectivity index (χ0v) is 40.6. The minimum absolute atomic E-state index is 0.0427. The number of amides is 3. The molecule has 2 N–H and O–H groups in total. The third-order valence-electron chi connectivity index (χ3n) is 13.6. The highest BCUT2D eigenvalue weighted by Crippen LogP contribution is 2.49. The van der Waals surface area contributed by atoms with E-state index in [9.17, 15) is 19.2 Å². The van der Waals surface area contributed by atoms with Crippen LogP contribution in [0.2, 0.25) is 0 Å². The van der Waals surface area contributed by atoms with Crippen molar-refractivity contribution in [2.24, 2.45) is 28.2 Å². The first-order valence-electron chi connectivity index (χ1n) is 23.4. The maximum absolute atomic E-state index is 14.9. The monoisotopic (exact) mass is 933 g/mol. The standard InChI is InChI=1S/C50H63N9O7S/c1-10-32(40(51-11-2)29(6)64-9)42-34-23-50(7,8)27-66-49(63)35-16-14-21-59(56-35)48(62)41(43(65-13-4)46-54-36(26-67-46)30-17-18-37(33(34)22-30)58(42)12-3)55-45(60)38-28(5)39(38)47(61)57-24-31(25-57)44-52-19-15-20-53-44/h10-11,15,17-20,22,26,28-29,31,35,38-39,41,43,56H,1,12-14,16,21,23-25,27H2,2-9H3,(H,55,60)/b40-32+,51-11-/t28-,29+,35+,38-,39-,41+,43+/m1/s1. The molecular formula is C50H63N9O7S. The molecule has 0 spiro atoms. The lowest BCUT2D eigenvalue weighted by atomic mass is 9.84. The number of esters is 1. The second kappa shape index (κ2) is 19.9. The number of carbonyl (C=O) groups is 4. The number of hydrazine groups is 1. The molecule has 2 saturated heterocycles. The lowest BCUT2D eigenvalue weighted by Gasteiger charge is -2.38. The van der Waals surface area contributed by atoms with E-state index in [1.807, 2.05) is 45.2 Å². The summed E-state index contributed by atoms with van der Waals surface area (Å²) in [4.78, 5) is 77.4. The fourth-order valence-corrected chi connectivity index (χ4v) is 10.8. The zero-order chi connectivity index (χ0) is 47.7. The lowest BCUT2D eigenvalue weighted by molar-refractivity contribution is -0.156. The smallest absolute Gasteiger partial charge is 0.324 e. The number of aryl methyl sites for hydroxylation is 1. The first kappa shape index (κ1) is 47.9. The molecule has 8 rings (SSSR count). The van der Waals surface area contributed by atoms with Crippen LogP contribution in [0.3, 0.4) is 0 Å². The number of aliphatic imine (C=N–C) groups is 1. The van der Waals surface area contributed by atoms with Gasteiger partial charge in [-0.15, -0.1) is 11.3 Å². The summed E-state index contributed by atoms with van der Waals surface area (Å²) < 4.78 is 20.6. The van der Waals surface area contributed by atoms with Gasteiger partial charge in [-0.05, 0) is 76.6 Å². The van der Waals surface area contributed by atoms with Crippen molar-refractivity contribution in [2.45, 2.75) is 104 Å². The largest absolute Gasteiger partial charge is 0.464 e. The minimum atomic E-state index is -1.24. The Kier molecular flexibility index (Phi) is 14.2. The van der Waals surface area contributed by atoms with Gasteiger partial charge in [-0.1, -0.05) is 39.5 Å². The van der Waals surface area contributed by atoms with Crippen LogP contribution in [-0.4, -0.2) is 117 Å². The number of nitrogens with one attached hydrogen (secondary N) is 2. The van der Waals surface area contributed by atoms with Crippen molar-refractivity contribution in [1.29, 1.82) is 0 Å². The lowest BCUT2D eigenvalue weighted by Crippen LogP contribution is -2.61. The summed E-state index contributed by atoms with van der Waals surface area (Å²) in [5.74, 6) is -2.14. The van der Waals surface area contributed by atoms with E-state index in [-0.39, 0.29) is 43.6 Å². The summed E-state index contributed by atoms with van der Waals surface area (Å²) in [6.07, 6.45) is 7.17. The zero-order valence-electron chi connectivity index (χ0n) is 39.8. The van der Waals surface area contributed by atoms with E-state index in [1.54, 1.807) is 36.7 Å². The minimum Gasteiger partial charge on any atom is -0.464 e. The average Bonchev–Trinajstić information content (AvgIpc) is 3.60. The average molecular weight is 934 g/mol. The van der Waals surface area contributed by atoms with Gasteiger partial charge in [-0.2, -0.15) is 0 Å². The number of cyclic esters (lactones) is 1. The van der Waals surface area contributed by atoms with Gasteiger partial charge in [-0.3, -0.25) is 29.2 Å². The quantitative estimate of drug-likeness (QED) is 0.0926. The Morgan fingerprint density at radius 1 is 1.16 bits per heavy atom. The molecule has 1 aromatic carbocycles. The van der Waals surface area contributed by atoms with Crippen molar-refractivity contribution in [3.05, 3.63) is 82.5 Å². The Hall–Kier alpha value is -5.62. The van der Waals surface area contributed by atoms with Crippen molar-refractivity contribution >= 4 is 57.7 Å². The van der Waals surface area contributed by atoms with Crippen LogP contribution in [0.5, 0.6) is 0 Å². The van der Waals surface area contributed by atoms with Gasteiger partial charge in [0.25, 0.3) is 5.91 Å². The summed E-state index contributed by atoms with van der Waals surface area (Å²) in [7, 11) is 1.67. The molecule has 356 valence electrons. The van der Waals surface area contributed by atoms with Crippen molar-refractivity contribution in [2.75, 3.05) is 40.0 Å².